The molecule has 0 saturated heterocycles. The van der Waals surface area contributed by atoms with Gasteiger partial charge in [-0.3, -0.25) is 0 Å². The van der Waals surface area contributed by atoms with Gasteiger partial charge < -0.3 is 5.32 Å². The molecule has 0 heterocycles. The van der Waals surface area contributed by atoms with Gasteiger partial charge in [-0.2, -0.15) is 0 Å². The zero-order valence-corrected chi connectivity index (χ0v) is 14.4. The van der Waals surface area contributed by atoms with E-state index in [4.69, 9.17) is 0 Å². The zero-order valence-electron chi connectivity index (χ0n) is 12.0. The quantitative estimate of drug-likeness (QED) is 0.860. The van der Waals surface area contributed by atoms with Crippen molar-refractivity contribution in [3.05, 3.63) is 33.8 Å². The average Bonchev–Trinajstić information content (AvgIpc) is 2.25. The van der Waals surface area contributed by atoms with E-state index in [2.05, 4.69) is 46.4 Å². The molecule has 1 N–H and O–H groups in total. The fraction of sp³-hybridized carbons (Fsp3) is 0.571. The highest BCUT2D eigenvalue weighted by Crippen LogP contribution is 2.19. The molecule has 108 valence electrons. The van der Waals surface area contributed by atoms with Gasteiger partial charge in [0, 0.05) is 22.8 Å². The molecule has 1 rings (SSSR count). The summed E-state index contributed by atoms with van der Waals surface area (Å²) >= 11 is 3.55. The molecule has 0 amide bonds. The lowest BCUT2D eigenvalue weighted by Crippen LogP contribution is -2.40. The van der Waals surface area contributed by atoms with Crippen molar-refractivity contribution in [1.82, 2.24) is 5.32 Å². The van der Waals surface area contributed by atoms with Gasteiger partial charge >= 0.3 is 0 Å². The Kier molecular flexibility index (Phi) is 5.59. The van der Waals surface area contributed by atoms with Crippen LogP contribution >= 0.6 is 15.9 Å². The smallest absolute Gasteiger partial charge is 0.147 e. The Labute approximate surface area is 124 Å². The van der Waals surface area contributed by atoms with E-state index in [1.54, 1.807) is 0 Å². The molecule has 0 atom stereocenters. The third-order valence-corrected chi connectivity index (χ3v) is 4.75. The summed E-state index contributed by atoms with van der Waals surface area (Å²) in [6, 6.07) is 6.24. The van der Waals surface area contributed by atoms with Crippen molar-refractivity contribution in [2.75, 3.05) is 12.0 Å². The second kappa shape index (κ2) is 6.37. The molecule has 0 bridgehead atoms. The summed E-state index contributed by atoms with van der Waals surface area (Å²) < 4.78 is 23.5. The second-order valence-corrected chi connectivity index (χ2v) is 8.83. The van der Waals surface area contributed by atoms with E-state index in [1.165, 1.54) is 17.4 Å². The lowest BCUT2D eigenvalue weighted by atomic mass is 10.0. The van der Waals surface area contributed by atoms with Crippen LogP contribution in [0.3, 0.4) is 0 Å². The van der Waals surface area contributed by atoms with Gasteiger partial charge in [0.2, 0.25) is 0 Å². The average molecular weight is 348 g/mol. The Morgan fingerprint density at radius 2 is 1.95 bits per heavy atom. The Morgan fingerprint density at radius 1 is 1.32 bits per heavy atom. The fourth-order valence-corrected chi connectivity index (χ4v) is 3.17. The Balaban J connectivity index is 2.59. The van der Waals surface area contributed by atoms with Crippen LogP contribution in [-0.4, -0.2) is 26.0 Å². The SMILES string of the molecule is Cc1ccc(CNC(C)(C)CCS(C)(=O)=O)c(Br)c1. The summed E-state index contributed by atoms with van der Waals surface area (Å²) in [6.45, 7) is 6.83. The second-order valence-electron chi connectivity index (χ2n) is 5.71. The Bertz CT molecular complexity index is 538. The van der Waals surface area contributed by atoms with Crippen LogP contribution < -0.4 is 5.32 Å². The Hall–Kier alpha value is -0.390. The molecule has 0 radical (unpaired) electrons. The van der Waals surface area contributed by atoms with Crippen molar-refractivity contribution < 1.29 is 8.42 Å². The summed E-state index contributed by atoms with van der Waals surface area (Å²) in [6.07, 6.45) is 1.88. The van der Waals surface area contributed by atoms with Gasteiger partial charge in [0.25, 0.3) is 0 Å². The normalized spacial score (nSPS) is 12.7. The van der Waals surface area contributed by atoms with Gasteiger partial charge in [0.15, 0.2) is 0 Å². The van der Waals surface area contributed by atoms with Crippen LogP contribution in [0.4, 0.5) is 0 Å². The van der Waals surface area contributed by atoms with Crippen molar-refractivity contribution in [3.63, 3.8) is 0 Å². The van der Waals surface area contributed by atoms with Gasteiger partial charge in [-0.1, -0.05) is 28.1 Å². The number of hydrogen-bond donors (Lipinski definition) is 1. The Morgan fingerprint density at radius 3 is 2.47 bits per heavy atom. The highest BCUT2D eigenvalue weighted by molar-refractivity contribution is 9.10. The molecule has 0 fully saturated rings. The molecule has 0 spiro atoms. The molecular formula is C14H22BrNO2S. The lowest BCUT2D eigenvalue weighted by Gasteiger charge is -2.26. The molecule has 5 heteroatoms. The van der Waals surface area contributed by atoms with Gasteiger partial charge in [0.05, 0.1) is 5.75 Å². The first-order chi connectivity index (χ1) is 8.59. The van der Waals surface area contributed by atoms with Crippen LogP contribution in [0.5, 0.6) is 0 Å². The van der Waals surface area contributed by atoms with Crippen molar-refractivity contribution >= 4 is 25.8 Å². The fourth-order valence-electron chi connectivity index (χ4n) is 1.66. The molecular weight excluding hydrogens is 326 g/mol. The number of nitrogens with one attached hydrogen (secondary N) is 1. The van der Waals surface area contributed by atoms with Crippen molar-refractivity contribution in [3.8, 4) is 0 Å². The molecule has 0 unspecified atom stereocenters. The van der Waals surface area contributed by atoms with Crippen molar-refractivity contribution in [2.24, 2.45) is 0 Å². The van der Waals surface area contributed by atoms with Crippen LogP contribution in [0.15, 0.2) is 22.7 Å². The van der Waals surface area contributed by atoms with Gasteiger partial charge in [0.1, 0.15) is 9.84 Å². The number of benzene rings is 1. The van der Waals surface area contributed by atoms with E-state index in [1.807, 2.05) is 13.8 Å². The van der Waals surface area contributed by atoms with Crippen LogP contribution in [0, 0.1) is 6.92 Å². The van der Waals surface area contributed by atoms with Crippen LogP contribution in [0.2, 0.25) is 0 Å². The number of rotatable bonds is 6. The number of sulfone groups is 1. The summed E-state index contributed by atoms with van der Waals surface area (Å²) in [5.41, 5.74) is 2.19. The van der Waals surface area contributed by atoms with E-state index in [-0.39, 0.29) is 11.3 Å². The standard InChI is InChI=1S/C14H22BrNO2S/c1-11-5-6-12(13(15)9-11)10-16-14(2,3)7-8-19(4,17)18/h5-6,9,16H,7-8,10H2,1-4H3. The molecule has 19 heavy (non-hydrogen) atoms. The number of aryl methyl sites for hydroxylation is 1. The molecule has 0 aliphatic carbocycles. The maximum atomic E-state index is 11.2. The van der Waals surface area contributed by atoms with E-state index in [0.29, 0.717) is 6.42 Å². The lowest BCUT2D eigenvalue weighted by molar-refractivity contribution is 0.374. The van der Waals surface area contributed by atoms with Crippen molar-refractivity contribution in [2.45, 2.75) is 39.3 Å². The highest BCUT2D eigenvalue weighted by atomic mass is 79.9. The first-order valence-electron chi connectivity index (χ1n) is 6.27. The molecule has 1 aromatic rings. The molecule has 0 aliphatic rings. The highest BCUT2D eigenvalue weighted by Gasteiger charge is 2.19. The van der Waals surface area contributed by atoms with Crippen LogP contribution in [-0.2, 0) is 16.4 Å². The molecule has 0 aromatic heterocycles. The summed E-state index contributed by atoms with van der Waals surface area (Å²) in [7, 11) is -2.90. The topological polar surface area (TPSA) is 46.2 Å². The molecule has 1 aromatic carbocycles. The number of halogens is 1. The minimum atomic E-state index is -2.90. The summed E-state index contributed by atoms with van der Waals surface area (Å²) in [5.74, 6) is 0.210. The minimum absolute atomic E-state index is 0.201. The summed E-state index contributed by atoms with van der Waals surface area (Å²) in [5, 5.41) is 3.41. The molecule has 0 aliphatic heterocycles. The van der Waals surface area contributed by atoms with Gasteiger partial charge in [-0.25, -0.2) is 8.42 Å². The zero-order chi connectivity index (χ0) is 14.7. The third-order valence-electron chi connectivity index (χ3n) is 3.06. The predicted molar refractivity (Wildman–Crippen MR) is 84.1 cm³/mol. The molecule has 0 saturated carbocycles. The first kappa shape index (κ1) is 16.7. The third kappa shape index (κ3) is 6.54. The van der Waals surface area contributed by atoms with Crippen LogP contribution in [0.25, 0.3) is 0 Å². The minimum Gasteiger partial charge on any atom is -0.308 e. The van der Waals surface area contributed by atoms with Crippen molar-refractivity contribution in [1.29, 1.82) is 0 Å². The van der Waals surface area contributed by atoms with Gasteiger partial charge in [-0.05, 0) is 44.4 Å². The van der Waals surface area contributed by atoms with E-state index in [0.717, 1.165) is 11.0 Å². The van der Waals surface area contributed by atoms with E-state index >= 15 is 0 Å². The predicted octanol–water partition coefficient (Wildman–Crippen LogP) is 3.06. The maximum Gasteiger partial charge on any atom is 0.147 e. The van der Waals surface area contributed by atoms with Gasteiger partial charge in [-0.15, -0.1) is 0 Å². The van der Waals surface area contributed by atoms with Crippen LogP contribution in [0.1, 0.15) is 31.4 Å². The largest absolute Gasteiger partial charge is 0.308 e. The summed E-state index contributed by atoms with van der Waals surface area (Å²) in [4.78, 5) is 0. The van der Waals surface area contributed by atoms with E-state index in [9.17, 15) is 8.42 Å². The number of hydrogen-bond acceptors (Lipinski definition) is 3. The monoisotopic (exact) mass is 347 g/mol. The molecule has 3 nitrogen and oxygen atoms in total. The maximum absolute atomic E-state index is 11.2. The van der Waals surface area contributed by atoms with E-state index < -0.39 is 9.84 Å². The first-order valence-corrected chi connectivity index (χ1v) is 9.12.